The first-order valence-electron chi connectivity index (χ1n) is 5.76. The van der Waals surface area contributed by atoms with Crippen LogP contribution < -0.4 is 0 Å². The molecule has 4 heteroatoms. The summed E-state index contributed by atoms with van der Waals surface area (Å²) < 4.78 is 6.09. The van der Waals surface area contributed by atoms with Gasteiger partial charge < -0.3 is 9.64 Å². The summed E-state index contributed by atoms with van der Waals surface area (Å²) in [4.78, 5) is 2.56. The van der Waals surface area contributed by atoms with Crippen molar-refractivity contribution in [2.45, 2.75) is 49.9 Å². The van der Waals surface area contributed by atoms with Crippen LogP contribution in [-0.4, -0.2) is 40.3 Å². The summed E-state index contributed by atoms with van der Waals surface area (Å²) in [5.74, 6) is 0. The van der Waals surface area contributed by atoms with Gasteiger partial charge in [-0.1, -0.05) is 11.8 Å². The van der Waals surface area contributed by atoms with E-state index in [9.17, 15) is 0 Å². The van der Waals surface area contributed by atoms with E-state index in [0.717, 1.165) is 16.5 Å². The third-order valence-electron chi connectivity index (χ3n) is 3.58. The van der Waals surface area contributed by atoms with E-state index in [-0.39, 0.29) is 0 Å². The fourth-order valence-electron chi connectivity index (χ4n) is 2.75. The Morgan fingerprint density at radius 2 is 2.00 bits per heavy atom. The summed E-state index contributed by atoms with van der Waals surface area (Å²) in [6, 6.07) is 1.59. The number of thiocarbonyl (C=S) groups is 1. The first-order valence-corrected chi connectivity index (χ1v) is 7.04. The van der Waals surface area contributed by atoms with Gasteiger partial charge in [-0.15, -0.1) is 0 Å². The zero-order valence-electron chi connectivity index (χ0n) is 9.44. The molecule has 2 saturated heterocycles. The van der Waals surface area contributed by atoms with Crippen LogP contribution in [0.3, 0.4) is 0 Å². The normalized spacial score (nSPS) is 35.5. The predicted molar refractivity (Wildman–Crippen MR) is 69.4 cm³/mol. The van der Waals surface area contributed by atoms with Crippen LogP contribution in [0.2, 0.25) is 0 Å². The van der Waals surface area contributed by atoms with Gasteiger partial charge in [0.25, 0.3) is 0 Å². The van der Waals surface area contributed by atoms with Crippen molar-refractivity contribution in [3.8, 4) is 0 Å². The highest BCUT2D eigenvalue weighted by molar-refractivity contribution is 8.23. The van der Waals surface area contributed by atoms with E-state index in [1.807, 2.05) is 6.92 Å². The van der Waals surface area contributed by atoms with Crippen molar-refractivity contribution in [1.82, 2.24) is 4.90 Å². The lowest BCUT2D eigenvalue weighted by Gasteiger charge is -2.35. The van der Waals surface area contributed by atoms with Crippen molar-refractivity contribution in [3.05, 3.63) is 0 Å². The Bertz CT molecular complexity index is 233. The van der Waals surface area contributed by atoms with Gasteiger partial charge in [0.05, 0.1) is 6.61 Å². The third-order valence-corrected chi connectivity index (χ3v) is 5.02. The molecule has 0 spiro atoms. The minimum absolute atomic E-state index is 0.692. The molecule has 2 nitrogen and oxygen atoms in total. The minimum atomic E-state index is 0.692. The van der Waals surface area contributed by atoms with Crippen molar-refractivity contribution < 1.29 is 4.74 Å². The van der Waals surface area contributed by atoms with Crippen molar-refractivity contribution in [3.63, 3.8) is 0 Å². The van der Waals surface area contributed by atoms with Gasteiger partial charge in [-0.2, -0.15) is 0 Å². The van der Waals surface area contributed by atoms with Gasteiger partial charge in [0.2, 0.25) is 4.38 Å². The highest BCUT2D eigenvalue weighted by Crippen LogP contribution is 2.39. The van der Waals surface area contributed by atoms with E-state index < -0.39 is 0 Å². The number of fused-ring (bicyclic) bond motifs is 2. The number of ether oxygens (including phenoxy) is 1. The number of piperidine rings is 1. The molecule has 2 rings (SSSR count). The van der Waals surface area contributed by atoms with Crippen LogP contribution in [0.25, 0.3) is 0 Å². The summed E-state index contributed by atoms with van der Waals surface area (Å²) in [6.45, 7) is 2.69. The lowest BCUT2D eigenvalue weighted by atomic mass is 10.0. The molecular weight excluding hydrogens is 226 g/mol. The number of nitrogens with zero attached hydrogens (tertiary/aromatic N) is 1. The summed E-state index contributed by atoms with van der Waals surface area (Å²) >= 11 is 6.97. The van der Waals surface area contributed by atoms with Crippen molar-refractivity contribution in [1.29, 1.82) is 0 Å². The zero-order chi connectivity index (χ0) is 10.8. The molecule has 2 atom stereocenters. The molecule has 2 bridgehead atoms. The molecule has 2 aliphatic heterocycles. The Morgan fingerprint density at radius 3 is 2.53 bits per heavy atom. The molecule has 0 aliphatic carbocycles. The molecule has 2 unspecified atom stereocenters. The molecule has 0 aromatic carbocycles. The van der Waals surface area contributed by atoms with Crippen molar-refractivity contribution in [2.24, 2.45) is 0 Å². The minimum Gasteiger partial charge on any atom is -0.479 e. The lowest BCUT2D eigenvalue weighted by molar-refractivity contribution is 0.183. The number of hydrogen-bond acceptors (Lipinski definition) is 4. The monoisotopic (exact) mass is 245 g/mol. The largest absolute Gasteiger partial charge is 0.479 e. The van der Waals surface area contributed by atoms with E-state index in [2.05, 4.69) is 11.9 Å². The molecule has 0 saturated carbocycles. The Balaban J connectivity index is 1.84. The molecule has 0 radical (unpaired) electrons. The predicted octanol–water partition coefficient (Wildman–Crippen LogP) is 2.67. The van der Waals surface area contributed by atoms with Gasteiger partial charge in [-0.05, 0) is 51.9 Å². The fourth-order valence-corrected chi connectivity index (χ4v) is 4.37. The van der Waals surface area contributed by atoms with Crippen LogP contribution in [0.4, 0.5) is 0 Å². The highest BCUT2D eigenvalue weighted by Gasteiger charge is 2.38. The van der Waals surface area contributed by atoms with E-state index in [4.69, 9.17) is 17.0 Å². The van der Waals surface area contributed by atoms with Crippen LogP contribution in [0.1, 0.15) is 32.6 Å². The van der Waals surface area contributed by atoms with Crippen LogP contribution in [0.15, 0.2) is 0 Å². The Hall–Kier alpha value is 0.200. The standard InChI is InChI=1S/C11H19NOS2/c1-3-13-11(14)15-10-6-8-4-5-9(7-10)12(8)2/h8-10H,3-7H2,1-2H3. The molecule has 0 N–H and O–H groups in total. The van der Waals surface area contributed by atoms with Gasteiger partial charge in [0.1, 0.15) is 0 Å². The van der Waals surface area contributed by atoms with E-state index >= 15 is 0 Å². The summed E-state index contributed by atoms with van der Waals surface area (Å²) in [5.41, 5.74) is 0. The maximum absolute atomic E-state index is 5.34. The Morgan fingerprint density at radius 1 is 1.40 bits per heavy atom. The number of rotatable bonds is 2. The summed E-state index contributed by atoms with van der Waals surface area (Å²) in [6.07, 6.45) is 5.31. The topological polar surface area (TPSA) is 12.5 Å². The average molecular weight is 245 g/mol. The van der Waals surface area contributed by atoms with Gasteiger partial charge in [-0.3, -0.25) is 0 Å². The fraction of sp³-hybridized carbons (Fsp3) is 0.909. The molecule has 2 aliphatic rings. The summed E-state index contributed by atoms with van der Waals surface area (Å²) in [7, 11) is 2.27. The third kappa shape index (κ3) is 2.66. The smallest absolute Gasteiger partial charge is 0.220 e. The molecule has 0 aromatic heterocycles. The van der Waals surface area contributed by atoms with Crippen LogP contribution >= 0.6 is 24.0 Å². The van der Waals surface area contributed by atoms with Crippen molar-refractivity contribution >= 4 is 28.4 Å². The first kappa shape index (κ1) is 11.7. The van der Waals surface area contributed by atoms with Crippen LogP contribution in [-0.2, 0) is 4.74 Å². The molecule has 0 aromatic rings. The molecule has 15 heavy (non-hydrogen) atoms. The van der Waals surface area contributed by atoms with Crippen molar-refractivity contribution in [2.75, 3.05) is 13.7 Å². The van der Waals surface area contributed by atoms with E-state index in [1.54, 1.807) is 11.8 Å². The molecule has 2 heterocycles. The molecule has 2 fully saturated rings. The maximum Gasteiger partial charge on any atom is 0.220 e. The zero-order valence-corrected chi connectivity index (χ0v) is 11.1. The maximum atomic E-state index is 5.34. The summed E-state index contributed by atoms with van der Waals surface area (Å²) in [5, 5.41) is 0.692. The van der Waals surface area contributed by atoms with Crippen LogP contribution in [0, 0.1) is 0 Å². The molecule has 0 amide bonds. The van der Waals surface area contributed by atoms with Gasteiger partial charge in [-0.25, -0.2) is 0 Å². The second kappa shape index (κ2) is 5.02. The quantitative estimate of drug-likeness (QED) is 0.693. The van der Waals surface area contributed by atoms with Crippen LogP contribution in [0.5, 0.6) is 0 Å². The van der Waals surface area contributed by atoms with E-state index in [0.29, 0.717) is 11.9 Å². The second-order valence-electron chi connectivity index (χ2n) is 4.44. The average Bonchev–Trinajstić information content (AvgIpc) is 2.43. The van der Waals surface area contributed by atoms with E-state index in [1.165, 1.54) is 25.7 Å². The SMILES string of the molecule is CCOC(=S)SC1CC2CCC(C1)N2C. The lowest BCUT2D eigenvalue weighted by Crippen LogP contribution is -2.41. The Labute approximate surface area is 102 Å². The van der Waals surface area contributed by atoms with Gasteiger partial charge >= 0.3 is 0 Å². The van der Waals surface area contributed by atoms with Gasteiger partial charge in [0.15, 0.2) is 0 Å². The Kier molecular flexibility index (Phi) is 3.91. The highest BCUT2D eigenvalue weighted by atomic mass is 32.2. The molecular formula is C11H19NOS2. The first-order chi connectivity index (χ1) is 7.20. The van der Waals surface area contributed by atoms with Gasteiger partial charge in [0, 0.05) is 17.3 Å². The number of hydrogen-bond donors (Lipinski definition) is 0. The molecule has 86 valence electrons. The second-order valence-corrected chi connectivity index (χ2v) is 6.35. The number of thioether (sulfide) groups is 1.